The molecule has 3 atom stereocenters. The lowest BCUT2D eigenvalue weighted by Gasteiger charge is -2.26. The van der Waals surface area contributed by atoms with Crippen molar-refractivity contribution in [2.24, 2.45) is 0 Å². The van der Waals surface area contributed by atoms with E-state index in [0.29, 0.717) is 6.61 Å². The molecule has 76 valence electrons. The smallest absolute Gasteiger partial charge is 0.325 e. The van der Waals surface area contributed by atoms with E-state index in [0.717, 1.165) is 12.8 Å². The molecule has 0 aromatic carbocycles. The van der Waals surface area contributed by atoms with Crippen LogP contribution in [0.1, 0.15) is 19.8 Å². The summed E-state index contributed by atoms with van der Waals surface area (Å²) in [5, 5.41) is 0. The fourth-order valence-corrected chi connectivity index (χ4v) is 3.73. The summed E-state index contributed by atoms with van der Waals surface area (Å²) in [6, 6.07) is 0. The van der Waals surface area contributed by atoms with Gasteiger partial charge in [-0.3, -0.25) is 4.79 Å². The third-order valence-corrected chi connectivity index (χ3v) is 6.95. The zero-order chi connectivity index (χ0) is 10.1. The Hall–Kier alpha value is 0.910. The third kappa shape index (κ3) is 2.12. The molecule has 13 heavy (non-hydrogen) atoms. The molecule has 0 bridgehead atoms. The molecule has 1 heterocycles. The summed E-state index contributed by atoms with van der Waals surface area (Å²) in [4.78, 5) is 11.7. The van der Waals surface area contributed by atoms with Crippen LogP contribution in [0.25, 0.3) is 0 Å². The number of halogens is 3. The number of hydrogen-bond acceptors (Lipinski definition) is 2. The van der Waals surface area contributed by atoms with E-state index in [1.54, 1.807) is 0 Å². The Morgan fingerprint density at radius 2 is 2.38 bits per heavy atom. The lowest BCUT2D eigenvalue weighted by Crippen LogP contribution is -2.43. The lowest BCUT2D eigenvalue weighted by atomic mass is 10.0. The molecule has 1 aliphatic heterocycles. The highest BCUT2D eigenvalue weighted by molar-refractivity contribution is 9.14. The van der Waals surface area contributed by atoms with Crippen molar-refractivity contribution in [3.63, 3.8) is 0 Å². The van der Waals surface area contributed by atoms with Crippen LogP contribution in [-0.2, 0) is 9.53 Å². The van der Waals surface area contributed by atoms with Crippen LogP contribution in [0.2, 0.25) is 0 Å². The number of ether oxygens (including phenoxy) is 1. The molecule has 1 saturated heterocycles. The number of carbonyl (C=O) groups is 1. The maximum Gasteiger partial charge on any atom is 0.325 e. The van der Waals surface area contributed by atoms with Crippen molar-refractivity contribution in [2.75, 3.05) is 6.61 Å². The molecule has 5 heteroatoms. The van der Waals surface area contributed by atoms with Gasteiger partial charge in [-0.25, -0.2) is 0 Å². The number of alkyl halides is 3. The summed E-state index contributed by atoms with van der Waals surface area (Å²) in [6.45, 7) is 2.53. The molecule has 0 spiro atoms. The molecule has 1 rings (SSSR count). The van der Waals surface area contributed by atoms with Crippen LogP contribution < -0.4 is 0 Å². The van der Waals surface area contributed by atoms with Crippen molar-refractivity contribution in [3.05, 3.63) is 0 Å². The van der Waals surface area contributed by atoms with Crippen LogP contribution in [0, 0.1) is 0 Å². The van der Waals surface area contributed by atoms with Crippen molar-refractivity contribution >= 4 is 53.8 Å². The second-order valence-electron chi connectivity index (χ2n) is 3.09. The number of esters is 1. The van der Waals surface area contributed by atoms with Crippen molar-refractivity contribution in [1.29, 1.82) is 0 Å². The highest BCUT2D eigenvalue weighted by Gasteiger charge is 2.53. The Kier molecular flexibility index (Phi) is 4.26. The van der Waals surface area contributed by atoms with E-state index >= 15 is 0 Å². The van der Waals surface area contributed by atoms with Crippen LogP contribution in [0.4, 0.5) is 0 Å². The van der Waals surface area contributed by atoms with E-state index in [9.17, 15) is 4.79 Å². The van der Waals surface area contributed by atoms with Gasteiger partial charge < -0.3 is 4.74 Å². The van der Waals surface area contributed by atoms with Crippen LogP contribution >= 0.6 is 47.8 Å². The Morgan fingerprint density at radius 1 is 1.77 bits per heavy atom. The highest BCUT2D eigenvalue weighted by atomic mass is 79.9. The minimum absolute atomic E-state index is 0.0448. The molecule has 0 saturated carbocycles. The molecule has 2 nitrogen and oxygen atoms in total. The maximum atomic E-state index is 11.5. The lowest BCUT2D eigenvalue weighted by molar-refractivity contribution is -0.139. The van der Waals surface area contributed by atoms with Gasteiger partial charge in [0.05, 0.1) is 4.83 Å². The van der Waals surface area contributed by atoms with E-state index in [4.69, 9.17) is 4.74 Å². The minimum atomic E-state index is -0.594. The standard InChI is InChI=1S/C8H11Br3O2/c1-2-3-5(9)8(11)6(10)4-13-7(8)12/h5-6H,2-4H2,1H3. The van der Waals surface area contributed by atoms with Gasteiger partial charge in [0.15, 0.2) is 4.32 Å². The fraction of sp³-hybridized carbons (Fsp3) is 0.875. The number of rotatable bonds is 3. The Bertz CT molecular complexity index is 210. The molecule has 1 aliphatic rings. The molecular formula is C8H11Br3O2. The molecule has 0 amide bonds. The normalized spacial score (nSPS) is 36.0. The molecular weight excluding hydrogens is 368 g/mol. The predicted octanol–water partition coefficient (Wildman–Crippen LogP) is 3.00. The van der Waals surface area contributed by atoms with Gasteiger partial charge >= 0.3 is 5.97 Å². The Morgan fingerprint density at radius 3 is 2.77 bits per heavy atom. The number of hydrogen-bond donors (Lipinski definition) is 0. The summed E-state index contributed by atoms with van der Waals surface area (Å²) in [6.07, 6.45) is 1.98. The topological polar surface area (TPSA) is 26.3 Å². The Balaban J connectivity index is 2.77. The van der Waals surface area contributed by atoms with Crippen LogP contribution in [0.3, 0.4) is 0 Å². The van der Waals surface area contributed by atoms with Crippen molar-refractivity contribution in [3.8, 4) is 0 Å². The monoisotopic (exact) mass is 376 g/mol. The van der Waals surface area contributed by atoms with E-state index in [2.05, 4.69) is 54.7 Å². The molecule has 0 N–H and O–H groups in total. The first kappa shape index (κ1) is 12.0. The first-order chi connectivity index (χ1) is 6.03. The van der Waals surface area contributed by atoms with Crippen molar-refractivity contribution < 1.29 is 9.53 Å². The van der Waals surface area contributed by atoms with Crippen molar-refractivity contribution in [1.82, 2.24) is 0 Å². The van der Waals surface area contributed by atoms with Crippen LogP contribution in [-0.4, -0.2) is 26.6 Å². The van der Waals surface area contributed by atoms with Gasteiger partial charge in [-0.15, -0.1) is 0 Å². The minimum Gasteiger partial charge on any atom is -0.463 e. The van der Waals surface area contributed by atoms with E-state index in [1.165, 1.54) is 0 Å². The summed E-state index contributed by atoms with van der Waals surface area (Å²) < 4.78 is 4.39. The van der Waals surface area contributed by atoms with Crippen LogP contribution in [0.15, 0.2) is 0 Å². The van der Waals surface area contributed by atoms with E-state index in [1.807, 2.05) is 0 Å². The van der Waals surface area contributed by atoms with Crippen molar-refractivity contribution in [2.45, 2.75) is 33.7 Å². The average molecular weight is 379 g/mol. The Labute approximate surface area is 103 Å². The predicted molar refractivity (Wildman–Crippen MR) is 63.0 cm³/mol. The molecule has 1 fully saturated rings. The van der Waals surface area contributed by atoms with Gasteiger partial charge in [-0.2, -0.15) is 0 Å². The van der Waals surface area contributed by atoms with Gasteiger partial charge in [0.25, 0.3) is 0 Å². The summed E-state index contributed by atoms with van der Waals surface area (Å²) >= 11 is 10.4. The van der Waals surface area contributed by atoms with Gasteiger partial charge in [0.2, 0.25) is 0 Å². The zero-order valence-electron chi connectivity index (χ0n) is 7.23. The molecule has 0 aromatic heterocycles. The second-order valence-corrected chi connectivity index (χ2v) is 6.61. The van der Waals surface area contributed by atoms with E-state index in [-0.39, 0.29) is 15.6 Å². The van der Waals surface area contributed by atoms with Gasteiger partial charge in [0, 0.05) is 4.83 Å². The van der Waals surface area contributed by atoms with Crippen LogP contribution in [0.5, 0.6) is 0 Å². The summed E-state index contributed by atoms with van der Waals surface area (Å²) in [5.74, 6) is -0.176. The van der Waals surface area contributed by atoms with E-state index < -0.39 is 4.32 Å². The van der Waals surface area contributed by atoms with Gasteiger partial charge in [-0.05, 0) is 6.42 Å². The molecule has 0 radical (unpaired) electrons. The summed E-state index contributed by atoms with van der Waals surface area (Å²) in [5.41, 5.74) is 0. The quantitative estimate of drug-likeness (QED) is 0.557. The SMILES string of the molecule is CCCC(Br)C1(Br)C(=O)OCC1Br. The average Bonchev–Trinajstić information content (AvgIpc) is 2.35. The number of cyclic esters (lactones) is 1. The van der Waals surface area contributed by atoms with Gasteiger partial charge in [0.1, 0.15) is 6.61 Å². The molecule has 0 aliphatic carbocycles. The summed E-state index contributed by atoms with van der Waals surface area (Å²) in [7, 11) is 0. The third-order valence-electron chi connectivity index (χ3n) is 2.13. The zero-order valence-corrected chi connectivity index (χ0v) is 12.0. The largest absolute Gasteiger partial charge is 0.463 e. The van der Waals surface area contributed by atoms with Gasteiger partial charge in [-0.1, -0.05) is 61.1 Å². The number of carbonyl (C=O) groups excluding carboxylic acids is 1. The molecule has 3 unspecified atom stereocenters. The molecule has 0 aromatic rings. The fourth-order valence-electron chi connectivity index (χ4n) is 1.30. The second kappa shape index (κ2) is 4.62. The maximum absolute atomic E-state index is 11.5. The highest BCUT2D eigenvalue weighted by Crippen LogP contribution is 2.42. The first-order valence-electron chi connectivity index (χ1n) is 4.17. The first-order valence-corrected chi connectivity index (χ1v) is 6.80.